The fourth-order valence-electron chi connectivity index (χ4n) is 7.16. The second kappa shape index (κ2) is 33.7. The maximum atomic E-state index is 12.9. The Balaban J connectivity index is 2.35. The molecule has 0 aromatic rings. The summed E-state index contributed by atoms with van der Waals surface area (Å²) in [5.41, 5.74) is 0. The molecule has 0 saturated carbocycles. The van der Waals surface area contributed by atoms with Gasteiger partial charge in [0.25, 0.3) is 0 Å². The Morgan fingerprint density at radius 3 is 1.39 bits per heavy atom. The van der Waals surface area contributed by atoms with Gasteiger partial charge in [0.2, 0.25) is 5.91 Å². The van der Waals surface area contributed by atoms with Gasteiger partial charge in [0.1, 0.15) is 24.4 Å². The molecule has 51 heavy (non-hydrogen) atoms. The van der Waals surface area contributed by atoms with Gasteiger partial charge in [-0.2, -0.15) is 0 Å². The minimum Gasteiger partial charge on any atom is -0.394 e. The first-order valence-corrected chi connectivity index (χ1v) is 21.7. The quantitative estimate of drug-likeness (QED) is 0.0353. The largest absolute Gasteiger partial charge is 0.394 e. The predicted octanol–water partition coefficient (Wildman–Crippen LogP) is 8.39. The minimum absolute atomic E-state index is 0.132. The lowest BCUT2D eigenvalue weighted by atomic mass is 9.99. The van der Waals surface area contributed by atoms with Crippen molar-refractivity contribution in [2.24, 2.45) is 0 Å². The molecule has 1 aliphatic heterocycles. The maximum absolute atomic E-state index is 12.9. The second-order valence-corrected chi connectivity index (χ2v) is 15.5. The second-order valence-electron chi connectivity index (χ2n) is 15.5. The summed E-state index contributed by atoms with van der Waals surface area (Å²) >= 11 is 0. The van der Waals surface area contributed by atoms with Crippen LogP contribution in [0.25, 0.3) is 0 Å². The van der Waals surface area contributed by atoms with Crippen LogP contribution in [0.3, 0.4) is 0 Å². The van der Waals surface area contributed by atoms with E-state index in [9.17, 15) is 30.3 Å². The van der Waals surface area contributed by atoms with Crippen molar-refractivity contribution in [3.05, 3.63) is 0 Å². The molecule has 0 aromatic carbocycles. The van der Waals surface area contributed by atoms with Crippen molar-refractivity contribution in [2.45, 2.75) is 249 Å². The third kappa shape index (κ3) is 25.0. The van der Waals surface area contributed by atoms with Gasteiger partial charge in [-0.05, 0) is 12.8 Å². The fourth-order valence-corrected chi connectivity index (χ4v) is 7.16. The van der Waals surface area contributed by atoms with Crippen molar-refractivity contribution in [3.63, 3.8) is 0 Å². The van der Waals surface area contributed by atoms with Crippen LogP contribution in [0.4, 0.5) is 0 Å². The highest BCUT2D eigenvalue weighted by Crippen LogP contribution is 2.23. The summed E-state index contributed by atoms with van der Waals surface area (Å²) in [6, 6.07) is -0.710. The van der Waals surface area contributed by atoms with Gasteiger partial charge >= 0.3 is 0 Å². The van der Waals surface area contributed by atoms with E-state index >= 15 is 0 Å². The van der Waals surface area contributed by atoms with Crippen molar-refractivity contribution in [3.8, 4) is 0 Å². The van der Waals surface area contributed by atoms with Crippen molar-refractivity contribution >= 4 is 5.91 Å². The summed E-state index contributed by atoms with van der Waals surface area (Å²) in [6.45, 7) is 3.83. The van der Waals surface area contributed by atoms with Crippen LogP contribution < -0.4 is 5.32 Å². The highest BCUT2D eigenvalue weighted by atomic mass is 16.7. The molecule has 0 radical (unpaired) electrons. The van der Waals surface area contributed by atoms with Crippen molar-refractivity contribution in [1.29, 1.82) is 0 Å². The molecule has 7 atom stereocenters. The monoisotopic (exact) mass is 730 g/mol. The van der Waals surface area contributed by atoms with Crippen LogP contribution in [0, 0.1) is 0 Å². The number of carbonyl (C=O) groups is 1. The molecule has 1 amide bonds. The normalized spacial score (nSPS) is 21.9. The lowest BCUT2D eigenvalue weighted by Gasteiger charge is -2.40. The summed E-state index contributed by atoms with van der Waals surface area (Å²) in [6.07, 6.45) is 28.2. The van der Waals surface area contributed by atoms with Gasteiger partial charge in [0.15, 0.2) is 6.29 Å². The Kier molecular flexibility index (Phi) is 31.9. The zero-order valence-electron chi connectivity index (χ0n) is 33.1. The molecule has 9 nitrogen and oxygen atoms in total. The van der Waals surface area contributed by atoms with E-state index in [1.165, 1.54) is 141 Å². The van der Waals surface area contributed by atoms with Crippen LogP contribution in [-0.2, 0) is 14.3 Å². The molecule has 1 rings (SSSR count). The average Bonchev–Trinajstić information content (AvgIpc) is 3.13. The molecule has 304 valence electrons. The molecule has 0 aliphatic carbocycles. The van der Waals surface area contributed by atoms with Crippen LogP contribution in [0.5, 0.6) is 0 Å². The van der Waals surface area contributed by atoms with Crippen LogP contribution in [0.1, 0.15) is 206 Å². The zero-order chi connectivity index (χ0) is 37.4. The lowest BCUT2D eigenvalue weighted by Crippen LogP contribution is -2.60. The van der Waals surface area contributed by atoms with Gasteiger partial charge < -0.3 is 40.3 Å². The van der Waals surface area contributed by atoms with E-state index in [0.29, 0.717) is 12.8 Å². The smallest absolute Gasteiger partial charge is 0.220 e. The first-order chi connectivity index (χ1) is 24.8. The van der Waals surface area contributed by atoms with Gasteiger partial charge in [-0.25, -0.2) is 0 Å². The van der Waals surface area contributed by atoms with Crippen LogP contribution >= 0.6 is 0 Å². The number of nitrogens with one attached hydrogen (secondary N) is 1. The fraction of sp³-hybridized carbons (Fsp3) is 0.976. The molecular formula is C42H83NO8. The standard InChI is InChI=1S/C42H83NO8/c1-3-5-7-9-11-13-15-17-18-20-22-24-26-28-30-32-38(46)43-35(34-50-42-41(49)40(48)39(47)37(33-44)51-42)36(45)31-29-27-25-23-21-19-16-14-12-10-8-6-4-2/h35-37,39-42,44-45,47-49H,3-34H2,1-2H3,(H,43,46)/t35?,36?,37-,39-,40+,41-,42?/m1/s1. The van der Waals surface area contributed by atoms with E-state index in [1.54, 1.807) is 0 Å². The molecule has 1 aliphatic rings. The minimum atomic E-state index is -1.55. The number of unbranched alkanes of at least 4 members (excludes halogenated alkanes) is 26. The first-order valence-electron chi connectivity index (χ1n) is 21.7. The predicted molar refractivity (Wildman–Crippen MR) is 208 cm³/mol. The van der Waals surface area contributed by atoms with Gasteiger partial charge in [-0.1, -0.05) is 187 Å². The van der Waals surface area contributed by atoms with Crippen LogP contribution in [-0.4, -0.2) is 87.5 Å². The van der Waals surface area contributed by atoms with Crippen molar-refractivity contribution < 1.29 is 39.8 Å². The number of ether oxygens (including phenoxy) is 2. The molecule has 1 fully saturated rings. The van der Waals surface area contributed by atoms with Gasteiger partial charge in [-0.3, -0.25) is 4.79 Å². The van der Waals surface area contributed by atoms with E-state index in [-0.39, 0.29) is 12.5 Å². The van der Waals surface area contributed by atoms with E-state index < -0.39 is 49.5 Å². The zero-order valence-corrected chi connectivity index (χ0v) is 33.1. The number of hydrogen-bond acceptors (Lipinski definition) is 8. The third-order valence-corrected chi connectivity index (χ3v) is 10.7. The number of aliphatic hydroxyl groups is 5. The maximum Gasteiger partial charge on any atom is 0.220 e. The number of hydrogen-bond donors (Lipinski definition) is 6. The molecular weight excluding hydrogens is 646 g/mol. The Hall–Kier alpha value is -0.810. The number of amides is 1. The summed E-state index contributed by atoms with van der Waals surface area (Å²) in [4.78, 5) is 12.9. The lowest BCUT2D eigenvalue weighted by molar-refractivity contribution is -0.302. The highest BCUT2D eigenvalue weighted by molar-refractivity contribution is 5.76. The first kappa shape index (κ1) is 48.2. The number of carbonyl (C=O) groups excluding carboxylic acids is 1. The third-order valence-electron chi connectivity index (χ3n) is 10.7. The highest BCUT2D eigenvalue weighted by Gasteiger charge is 2.44. The van der Waals surface area contributed by atoms with E-state index in [2.05, 4.69) is 19.2 Å². The Bertz CT molecular complexity index is 771. The Morgan fingerprint density at radius 2 is 0.980 bits per heavy atom. The molecule has 1 saturated heterocycles. The SMILES string of the molecule is CCCCCCCCCCCCCCCCCC(=O)NC(COC1O[C@H](CO)[C@@H](O)[C@H](O)[C@H]1O)C(O)CCCCCCCCCCCCCCC. The van der Waals surface area contributed by atoms with Gasteiger partial charge in [0, 0.05) is 6.42 Å². The van der Waals surface area contributed by atoms with Crippen LogP contribution in [0.2, 0.25) is 0 Å². The molecule has 6 N–H and O–H groups in total. The van der Waals surface area contributed by atoms with E-state index in [1.807, 2.05) is 0 Å². The van der Waals surface area contributed by atoms with E-state index in [0.717, 1.165) is 38.5 Å². The summed E-state index contributed by atoms with van der Waals surface area (Å²) < 4.78 is 11.2. The summed E-state index contributed by atoms with van der Waals surface area (Å²) in [7, 11) is 0. The van der Waals surface area contributed by atoms with Gasteiger partial charge in [0.05, 0.1) is 25.4 Å². The molecule has 3 unspecified atom stereocenters. The molecule has 0 aromatic heterocycles. The molecule has 0 bridgehead atoms. The molecule has 0 spiro atoms. The summed E-state index contributed by atoms with van der Waals surface area (Å²) in [5, 5.41) is 54.2. The van der Waals surface area contributed by atoms with Crippen molar-refractivity contribution in [2.75, 3.05) is 13.2 Å². The Morgan fingerprint density at radius 1 is 0.588 bits per heavy atom. The van der Waals surface area contributed by atoms with E-state index in [4.69, 9.17) is 9.47 Å². The van der Waals surface area contributed by atoms with Crippen molar-refractivity contribution in [1.82, 2.24) is 5.32 Å². The average molecular weight is 730 g/mol. The molecule has 1 heterocycles. The number of aliphatic hydroxyl groups excluding tert-OH is 5. The van der Waals surface area contributed by atoms with Crippen LogP contribution in [0.15, 0.2) is 0 Å². The van der Waals surface area contributed by atoms with Gasteiger partial charge in [-0.15, -0.1) is 0 Å². The summed E-state index contributed by atoms with van der Waals surface area (Å²) in [5.74, 6) is -0.142. The Labute approximate surface area is 313 Å². The topological polar surface area (TPSA) is 149 Å². The molecule has 9 heteroatoms. The number of rotatable bonds is 36.